The number of aryl methyl sites for hydroxylation is 1. The molecule has 5 heteroatoms. The number of Topliss-reactive ketones (excluding diaryl/α,β-unsaturated/α-hetero) is 1. The molecule has 0 saturated carbocycles. The second-order valence-corrected chi connectivity index (χ2v) is 4.80. The van der Waals surface area contributed by atoms with Crippen molar-refractivity contribution in [2.75, 3.05) is 0 Å². The van der Waals surface area contributed by atoms with Crippen molar-refractivity contribution in [3.05, 3.63) is 53.3 Å². The minimum atomic E-state index is -0.0363. The first-order valence-electron chi connectivity index (χ1n) is 6.60. The van der Waals surface area contributed by atoms with Gasteiger partial charge in [-0.1, -0.05) is 40.6 Å². The number of carbonyl (C=O) groups excluding carboxylic acids is 1. The van der Waals surface area contributed by atoms with Crippen LogP contribution in [0.5, 0.6) is 5.75 Å². The highest BCUT2D eigenvalue weighted by Gasteiger charge is 2.14. The van der Waals surface area contributed by atoms with Gasteiger partial charge in [0.25, 0.3) is 0 Å². The first-order valence-corrected chi connectivity index (χ1v) is 6.60. The molecular formula is C16H14N2O3. The third-order valence-corrected chi connectivity index (χ3v) is 3.36. The number of ether oxygens (including phenoxy) is 1. The van der Waals surface area contributed by atoms with Gasteiger partial charge in [-0.15, -0.1) is 0 Å². The van der Waals surface area contributed by atoms with Crippen LogP contribution in [0.2, 0.25) is 0 Å². The molecule has 2 aromatic carbocycles. The molecule has 0 amide bonds. The maximum Gasteiger partial charge on any atom is 0.163 e. The largest absolute Gasteiger partial charge is 0.486 e. The number of carbonyl (C=O) groups is 1. The quantitative estimate of drug-likeness (QED) is 0.687. The summed E-state index contributed by atoms with van der Waals surface area (Å²) in [6.45, 7) is 3.54. The SMILES string of the molecule is CC(=O)c1ccc2ccccc2c1OCc1nonc1C. The molecule has 1 heterocycles. The molecule has 0 N–H and O–H groups in total. The number of ketones is 1. The lowest BCUT2D eigenvalue weighted by atomic mass is 10.0. The number of hydrogen-bond acceptors (Lipinski definition) is 5. The van der Waals surface area contributed by atoms with Crippen LogP contribution in [0.15, 0.2) is 41.0 Å². The third-order valence-electron chi connectivity index (χ3n) is 3.36. The van der Waals surface area contributed by atoms with Crippen molar-refractivity contribution in [1.29, 1.82) is 0 Å². The van der Waals surface area contributed by atoms with Crippen molar-refractivity contribution in [2.45, 2.75) is 20.5 Å². The normalized spacial score (nSPS) is 10.8. The summed E-state index contributed by atoms with van der Waals surface area (Å²) in [6, 6.07) is 11.5. The van der Waals surface area contributed by atoms with E-state index in [1.807, 2.05) is 30.3 Å². The van der Waals surface area contributed by atoms with E-state index in [1.54, 1.807) is 13.0 Å². The van der Waals surface area contributed by atoms with E-state index in [0.717, 1.165) is 10.8 Å². The molecule has 106 valence electrons. The van der Waals surface area contributed by atoms with E-state index in [-0.39, 0.29) is 12.4 Å². The zero-order valence-corrected chi connectivity index (χ0v) is 11.8. The maximum atomic E-state index is 11.8. The standard InChI is InChI=1S/C16H14N2O3/c1-10-15(18-21-17-10)9-20-16-13(11(2)19)8-7-12-5-3-4-6-14(12)16/h3-8H,9H2,1-2H3. The fraction of sp³-hybridized carbons (Fsp3) is 0.188. The van der Waals surface area contributed by atoms with Gasteiger partial charge in [0.05, 0.1) is 5.56 Å². The molecular weight excluding hydrogens is 268 g/mol. The Hall–Kier alpha value is -2.69. The molecule has 21 heavy (non-hydrogen) atoms. The molecule has 0 fully saturated rings. The Morgan fingerprint density at radius 2 is 2.00 bits per heavy atom. The third kappa shape index (κ3) is 2.50. The number of benzene rings is 2. The van der Waals surface area contributed by atoms with E-state index in [0.29, 0.717) is 22.7 Å². The van der Waals surface area contributed by atoms with Crippen molar-refractivity contribution >= 4 is 16.6 Å². The van der Waals surface area contributed by atoms with Gasteiger partial charge in [-0.25, -0.2) is 4.63 Å². The molecule has 0 aliphatic carbocycles. The molecule has 5 nitrogen and oxygen atoms in total. The first-order chi connectivity index (χ1) is 10.2. The van der Waals surface area contributed by atoms with Crippen molar-refractivity contribution < 1.29 is 14.2 Å². The molecule has 0 bridgehead atoms. The summed E-state index contributed by atoms with van der Waals surface area (Å²) in [7, 11) is 0. The average molecular weight is 282 g/mol. The fourth-order valence-corrected chi connectivity index (χ4v) is 2.20. The number of nitrogens with zero attached hydrogens (tertiary/aromatic N) is 2. The number of fused-ring (bicyclic) bond motifs is 1. The van der Waals surface area contributed by atoms with Crippen LogP contribution < -0.4 is 4.74 Å². The Morgan fingerprint density at radius 3 is 2.71 bits per heavy atom. The molecule has 3 aromatic rings. The van der Waals surface area contributed by atoms with Gasteiger partial charge in [-0.05, 0) is 25.3 Å². The van der Waals surface area contributed by atoms with E-state index in [2.05, 4.69) is 14.9 Å². The van der Waals surface area contributed by atoms with Crippen LogP contribution in [0.25, 0.3) is 10.8 Å². The molecule has 0 atom stereocenters. The Labute approximate surface area is 121 Å². The van der Waals surface area contributed by atoms with Crippen LogP contribution in [-0.4, -0.2) is 16.1 Å². The summed E-state index contributed by atoms with van der Waals surface area (Å²) in [5.41, 5.74) is 1.86. The summed E-state index contributed by atoms with van der Waals surface area (Å²) in [6.07, 6.45) is 0. The van der Waals surface area contributed by atoms with Gasteiger partial charge >= 0.3 is 0 Å². The lowest BCUT2D eigenvalue weighted by Gasteiger charge is -2.12. The smallest absolute Gasteiger partial charge is 0.163 e. The molecule has 0 saturated heterocycles. The van der Waals surface area contributed by atoms with Gasteiger partial charge in [0.1, 0.15) is 23.7 Å². The Balaban J connectivity index is 2.04. The van der Waals surface area contributed by atoms with Gasteiger partial charge in [0.2, 0.25) is 0 Å². The van der Waals surface area contributed by atoms with Crippen molar-refractivity contribution in [1.82, 2.24) is 10.3 Å². The van der Waals surface area contributed by atoms with Crippen LogP contribution in [0.3, 0.4) is 0 Å². The molecule has 0 spiro atoms. The summed E-state index contributed by atoms with van der Waals surface area (Å²) in [5.74, 6) is 0.536. The van der Waals surface area contributed by atoms with Gasteiger partial charge in [0.15, 0.2) is 5.78 Å². The molecule has 0 aliphatic heterocycles. The van der Waals surface area contributed by atoms with Gasteiger partial charge in [0, 0.05) is 5.39 Å². The van der Waals surface area contributed by atoms with E-state index in [1.165, 1.54) is 6.92 Å². The minimum absolute atomic E-state index is 0.0363. The lowest BCUT2D eigenvalue weighted by molar-refractivity contribution is 0.101. The molecule has 0 aliphatic rings. The van der Waals surface area contributed by atoms with Crippen LogP contribution >= 0.6 is 0 Å². The highest BCUT2D eigenvalue weighted by Crippen LogP contribution is 2.31. The molecule has 0 radical (unpaired) electrons. The second kappa shape index (κ2) is 5.36. The van der Waals surface area contributed by atoms with E-state index in [9.17, 15) is 4.79 Å². The minimum Gasteiger partial charge on any atom is -0.486 e. The van der Waals surface area contributed by atoms with Crippen LogP contribution in [0, 0.1) is 6.92 Å². The zero-order valence-electron chi connectivity index (χ0n) is 11.8. The van der Waals surface area contributed by atoms with Gasteiger partial charge < -0.3 is 4.74 Å². The summed E-state index contributed by atoms with van der Waals surface area (Å²) in [4.78, 5) is 11.8. The van der Waals surface area contributed by atoms with E-state index >= 15 is 0 Å². The maximum absolute atomic E-state index is 11.8. The highest BCUT2D eigenvalue weighted by atomic mass is 16.6. The summed E-state index contributed by atoms with van der Waals surface area (Å²) >= 11 is 0. The fourth-order valence-electron chi connectivity index (χ4n) is 2.20. The van der Waals surface area contributed by atoms with E-state index < -0.39 is 0 Å². The Kier molecular flexibility index (Phi) is 3.39. The van der Waals surface area contributed by atoms with Gasteiger partial charge in [-0.3, -0.25) is 4.79 Å². The summed E-state index contributed by atoms with van der Waals surface area (Å²) < 4.78 is 10.5. The monoisotopic (exact) mass is 282 g/mol. The van der Waals surface area contributed by atoms with Crippen LogP contribution in [0.4, 0.5) is 0 Å². The molecule has 3 rings (SSSR count). The first kappa shape index (κ1) is 13.3. The predicted octanol–water partition coefficient (Wildman–Crippen LogP) is 3.31. The highest BCUT2D eigenvalue weighted by molar-refractivity contribution is 6.03. The van der Waals surface area contributed by atoms with Crippen LogP contribution in [-0.2, 0) is 6.61 Å². The van der Waals surface area contributed by atoms with Crippen LogP contribution in [0.1, 0.15) is 28.7 Å². The Morgan fingerprint density at radius 1 is 1.19 bits per heavy atom. The predicted molar refractivity (Wildman–Crippen MR) is 77.3 cm³/mol. The van der Waals surface area contributed by atoms with Crippen molar-refractivity contribution in [3.63, 3.8) is 0 Å². The number of aromatic nitrogens is 2. The molecule has 1 aromatic heterocycles. The van der Waals surface area contributed by atoms with Gasteiger partial charge in [-0.2, -0.15) is 0 Å². The summed E-state index contributed by atoms with van der Waals surface area (Å²) in [5, 5.41) is 9.43. The topological polar surface area (TPSA) is 65.2 Å². The van der Waals surface area contributed by atoms with E-state index in [4.69, 9.17) is 4.74 Å². The second-order valence-electron chi connectivity index (χ2n) is 4.80. The van der Waals surface area contributed by atoms with Crippen molar-refractivity contribution in [3.8, 4) is 5.75 Å². The molecule has 0 unspecified atom stereocenters. The number of hydrogen-bond donors (Lipinski definition) is 0. The average Bonchev–Trinajstić information content (AvgIpc) is 2.89. The van der Waals surface area contributed by atoms with Crippen molar-refractivity contribution in [2.24, 2.45) is 0 Å². The lowest BCUT2D eigenvalue weighted by Crippen LogP contribution is -2.03. The number of rotatable bonds is 4. The zero-order chi connectivity index (χ0) is 14.8. The Bertz CT molecular complexity index is 808.